The molecule has 0 spiro atoms. The first-order chi connectivity index (χ1) is 9.56. The molecule has 2 aromatic rings. The van der Waals surface area contributed by atoms with Gasteiger partial charge in [-0.1, -0.05) is 6.07 Å². The SMILES string of the molecule is O=C(O)C(O)=CC(=O)c1ccc(Cc2ccccn2)o1. The van der Waals surface area contributed by atoms with Crippen LogP contribution in [-0.4, -0.2) is 26.9 Å². The van der Waals surface area contributed by atoms with Gasteiger partial charge in [0.05, 0.1) is 0 Å². The number of allylic oxidation sites excluding steroid dienone is 1. The Morgan fingerprint density at radius 2 is 2.00 bits per heavy atom. The van der Waals surface area contributed by atoms with E-state index in [1.54, 1.807) is 18.3 Å². The summed E-state index contributed by atoms with van der Waals surface area (Å²) in [4.78, 5) is 26.1. The topological polar surface area (TPSA) is 101 Å². The number of aliphatic hydroxyl groups excluding tert-OH is 1. The van der Waals surface area contributed by atoms with Gasteiger partial charge in [-0.25, -0.2) is 4.79 Å². The molecule has 0 aliphatic heterocycles. The molecule has 2 N–H and O–H groups in total. The number of aliphatic carboxylic acids is 1. The van der Waals surface area contributed by atoms with Crippen molar-refractivity contribution in [2.24, 2.45) is 0 Å². The maximum Gasteiger partial charge on any atom is 0.371 e. The van der Waals surface area contributed by atoms with Crippen LogP contribution in [-0.2, 0) is 11.2 Å². The average Bonchev–Trinajstić information content (AvgIpc) is 2.88. The quantitative estimate of drug-likeness (QED) is 0.490. The fraction of sp³-hybridized carbons (Fsp3) is 0.0714. The summed E-state index contributed by atoms with van der Waals surface area (Å²) in [6, 6.07) is 8.48. The molecule has 2 aromatic heterocycles. The van der Waals surface area contributed by atoms with Crippen LogP contribution in [0.25, 0.3) is 0 Å². The van der Waals surface area contributed by atoms with Crippen molar-refractivity contribution >= 4 is 11.8 Å². The van der Waals surface area contributed by atoms with Crippen molar-refractivity contribution in [3.8, 4) is 0 Å². The third-order valence-electron chi connectivity index (χ3n) is 2.47. The van der Waals surface area contributed by atoms with Crippen LogP contribution in [0.15, 0.2) is 52.8 Å². The van der Waals surface area contributed by atoms with Gasteiger partial charge in [-0.15, -0.1) is 0 Å². The highest BCUT2D eigenvalue weighted by molar-refractivity contribution is 6.06. The van der Waals surface area contributed by atoms with Crippen LogP contribution in [0.1, 0.15) is 22.0 Å². The number of pyridine rings is 1. The summed E-state index contributed by atoms with van der Waals surface area (Å²) in [5, 5.41) is 17.5. The van der Waals surface area contributed by atoms with E-state index >= 15 is 0 Å². The van der Waals surface area contributed by atoms with E-state index in [4.69, 9.17) is 14.6 Å². The molecule has 2 heterocycles. The third kappa shape index (κ3) is 3.32. The van der Waals surface area contributed by atoms with Crippen LogP contribution in [0.2, 0.25) is 0 Å². The molecule has 0 atom stereocenters. The van der Waals surface area contributed by atoms with E-state index < -0.39 is 17.5 Å². The van der Waals surface area contributed by atoms with Gasteiger partial charge in [-0.2, -0.15) is 0 Å². The zero-order chi connectivity index (χ0) is 14.5. The Morgan fingerprint density at radius 1 is 1.20 bits per heavy atom. The number of aliphatic hydroxyl groups is 1. The number of ketones is 1. The second kappa shape index (κ2) is 5.83. The lowest BCUT2D eigenvalue weighted by molar-refractivity contribution is -0.135. The lowest BCUT2D eigenvalue weighted by Crippen LogP contribution is -2.03. The number of hydrogen-bond acceptors (Lipinski definition) is 5. The predicted molar refractivity (Wildman–Crippen MR) is 68.4 cm³/mol. The summed E-state index contributed by atoms with van der Waals surface area (Å²) in [5.41, 5.74) is 0.782. The molecule has 102 valence electrons. The molecule has 0 amide bonds. The number of hydrogen-bond donors (Lipinski definition) is 2. The van der Waals surface area contributed by atoms with Crippen molar-refractivity contribution < 1.29 is 24.2 Å². The minimum Gasteiger partial charge on any atom is -0.502 e. The maximum atomic E-state index is 11.6. The van der Waals surface area contributed by atoms with Crippen LogP contribution in [0.5, 0.6) is 0 Å². The Hall–Kier alpha value is -2.89. The van der Waals surface area contributed by atoms with Crippen LogP contribution in [0.3, 0.4) is 0 Å². The van der Waals surface area contributed by atoms with Gasteiger partial charge in [0.15, 0.2) is 5.76 Å². The molecule has 0 aliphatic carbocycles. The summed E-state index contributed by atoms with van der Waals surface area (Å²) in [5.74, 6) is -2.83. The molecule has 0 saturated heterocycles. The third-order valence-corrected chi connectivity index (χ3v) is 2.47. The van der Waals surface area contributed by atoms with E-state index in [0.717, 1.165) is 5.69 Å². The molecule has 0 bridgehead atoms. The van der Waals surface area contributed by atoms with E-state index in [9.17, 15) is 9.59 Å². The summed E-state index contributed by atoms with van der Waals surface area (Å²) >= 11 is 0. The summed E-state index contributed by atoms with van der Waals surface area (Å²) in [6.07, 6.45) is 2.67. The maximum absolute atomic E-state index is 11.6. The molecule has 6 heteroatoms. The molecule has 0 fully saturated rings. The molecule has 0 unspecified atom stereocenters. The molecule has 0 aromatic carbocycles. The zero-order valence-electron chi connectivity index (χ0n) is 10.3. The van der Waals surface area contributed by atoms with Gasteiger partial charge in [-0.05, 0) is 24.3 Å². The molecule has 6 nitrogen and oxygen atoms in total. The Kier molecular flexibility index (Phi) is 3.95. The van der Waals surface area contributed by atoms with Crippen molar-refractivity contribution in [3.05, 3.63) is 65.6 Å². The number of carbonyl (C=O) groups is 2. The smallest absolute Gasteiger partial charge is 0.371 e. The van der Waals surface area contributed by atoms with E-state index in [2.05, 4.69) is 4.98 Å². The molecule has 0 aliphatic rings. The first kappa shape index (κ1) is 13.5. The molecule has 20 heavy (non-hydrogen) atoms. The standard InChI is InChI=1S/C14H11NO5/c16-11(8-12(17)14(18)19)13-5-4-10(20-13)7-9-3-1-2-6-15-9/h1-6,8,17H,7H2,(H,18,19). The van der Waals surface area contributed by atoms with Crippen LogP contribution in [0, 0.1) is 0 Å². The van der Waals surface area contributed by atoms with Gasteiger partial charge in [0, 0.05) is 24.4 Å². The second-order valence-electron chi connectivity index (χ2n) is 3.96. The molecule has 2 rings (SSSR count). The number of aromatic nitrogens is 1. The summed E-state index contributed by atoms with van der Waals surface area (Å²) in [6.45, 7) is 0. The highest BCUT2D eigenvalue weighted by Crippen LogP contribution is 2.13. The lowest BCUT2D eigenvalue weighted by atomic mass is 10.2. The molecular formula is C14H11NO5. The Bertz CT molecular complexity index is 657. The van der Waals surface area contributed by atoms with Crippen LogP contribution < -0.4 is 0 Å². The normalized spacial score (nSPS) is 11.3. The molecular weight excluding hydrogens is 262 g/mol. The number of carbonyl (C=O) groups excluding carboxylic acids is 1. The fourth-order valence-corrected chi connectivity index (χ4v) is 1.54. The number of carboxylic acids is 1. The van der Waals surface area contributed by atoms with Crippen molar-refractivity contribution in [2.45, 2.75) is 6.42 Å². The zero-order valence-corrected chi connectivity index (χ0v) is 10.3. The highest BCUT2D eigenvalue weighted by atomic mass is 16.4. The molecule has 0 saturated carbocycles. The monoisotopic (exact) mass is 273 g/mol. The first-order valence-electron chi connectivity index (χ1n) is 5.73. The van der Waals surface area contributed by atoms with Crippen molar-refractivity contribution in [2.75, 3.05) is 0 Å². The van der Waals surface area contributed by atoms with Crippen molar-refractivity contribution in [1.29, 1.82) is 0 Å². The Labute approximate surface area is 114 Å². The number of rotatable bonds is 5. The van der Waals surface area contributed by atoms with Gasteiger partial charge < -0.3 is 14.6 Å². The van der Waals surface area contributed by atoms with E-state index in [1.807, 2.05) is 12.1 Å². The average molecular weight is 273 g/mol. The van der Waals surface area contributed by atoms with E-state index in [1.165, 1.54) is 6.07 Å². The van der Waals surface area contributed by atoms with Crippen LogP contribution in [0.4, 0.5) is 0 Å². The van der Waals surface area contributed by atoms with Gasteiger partial charge in [0.2, 0.25) is 11.5 Å². The fourth-order valence-electron chi connectivity index (χ4n) is 1.54. The van der Waals surface area contributed by atoms with Gasteiger partial charge in [-0.3, -0.25) is 9.78 Å². The van der Waals surface area contributed by atoms with Crippen LogP contribution >= 0.6 is 0 Å². The Balaban J connectivity index is 2.11. The minimum absolute atomic E-state index is 0.0382. The van der Waals surface area contributed by atoms with Gasteiger partial charge in [0.1, 0.15) is 5.76 Å². The number of nitrogens with zero attached hydrogens (tertiary/aromatic N) is 1. The summed E-state index contributed by atoms with van der Waals surface area (Å²) in [7, 11) is 0. The van der Waals surface area contributed by atoms with E-state index in [0.29, 0.717) is 18.3 Å². The predicted octanol–water partition coefficient (Wildman–Crippen LogP) is 1.97. The lowest BCUT2D eigenvalue weighted by Gasteiger charge is -1.96. The highest BCUT2D eigenvalue weighted by Gasteiger charge is 2.13. The van der Waals surface area contributed by atoms with E-state index in [-0.39, 0.29) is 5.76 Å². The number of carboxylic acid groups (broad SMARTS) is 1. The minimum atomic E-state index is -1.57. The van der Waals surface area contributed by atoms with Crippen molar-refractivity contribution in [3.63, 3.8) is 0 Å². The Morgan fingerprint density at radius 3 is 2.65 bits per heavy atom. The number of furan rings is 1. The van der Waals surface area contributed by atoms with Gasteiger partial charge >= 0.3 is 5.97 Å². The largest absolute Gasteiger partial charge is 0.502 e. The van der Waals surface area contributed by atoms with Gasteiger partial charge in [0.25, 0.3) is 0 Å². The summed E-state index contributed by atoms with van der Waals surface area (Å²) < 4.78 is 5.29. The molecule has 0 radical (unpaired) electrons. The second-order valence-corrected chi connectivity index (χ2v) is 3.96. The van der Waals surface area contributed by atoms with Crippen molar-refractivity contribution in [1.82, 2.24) is 4.98 Å². The first-order valence-corrected chi connectivity index (χ1v) is 5.73.